The molecule has 0 aromatic heterocycles. The molecule has 0 heterocycles. The Morgan fingerprint density at radius 2 is 1.83 bits per heavy atom. The summed E-state index contributed by atoms with van der Waals surface area (Å²) >= 11 is 0. The van der Waals surface area contributed by atoms with Crippen LogP contribution in [0.1, 0.15) is 92.4 Å². The number of hydrogen-bond donors (Lipinski definition) is 1. The lowest BCUT2D eigenvalue weighted by molar-refractivity contribution is 0.0326. The summed E-state index contributed by atoms with van der Waals surface area (Å²) in [6, 6.07) is 0. The van der Waals surface area contributed by atoms with E-state index in [2.05, 4.69) is 53.3 Å². The third-order valence-corrected chi connectivity index (χ3v) is 10.0. The van der Waals surface area contributed by atoms with Crippen LogP contribution in [0.15, 0.2) is 35.5 Å². The summed E-state index contributed by atoms with van der Waals surface area (Å²) in [5, 5.41) is 10.2. The Labute approximate surface area is 179 Å². The van der Waals surface area contributed by atoms with E-state index in [1.807, 2.05) is 0 Å². The van der Waals surface area contributed by atoms with Gasteiger partial charge in [-0.05, 0) is 98.2 Å². The monoisotopic (exact) mass is 396 g/mol. The topological polar surface area (TPSA) is 20.2 Å². The van der Waals surface area contributed by atoms with Crippen LogP contribution in [0.3, 0.4) is 0 Å². The molecule has 7 atom stereocenters. The Bertz CT molecular complexity index is 712. The molecule has 0 spiro atoms. The van der Waals surface area contributed by atoms with Gasteiger partial charge in [-0.1, -0.05) is 70.1 Å². The third-order valence-electron chi connectivity index (χ3n) is 10.0. The Balaban J connectivity index is 1.53. The molecule has 0 aliphatic heterocycles. The highest BCUT2D eigenvalue weighted by molar-refractivity contribution is 5.38. The van der Waals surface area contributed by atoms with Gasteiger partial charge in [0.1, 0.15) is 0 Å². The third kappa shape index (κ3) is 3.50. The predicted octanol–water partition coefficient (Wildman–Crippen LogP) is 7.47. The minimum Gasteiger partial charge on any atom is -0.393 e. The average Bonchev–Trinajstić information content (AvgIpc) is 3.03. The van der Waals surface area contributed by atoms with Crippen molar-refractivity contribution in [1.82, 2.24) is 0 Å². The van der Waals surface area contributed by atoms with Crippen LogP contribution in [0, 0.1) is 40.4 Å². The van der Waals surface area contributed by atoms with Crippen molar-refractivity contribution in [2.75, 3.05) is 0 Å². The molecule has 4 unspecified atom stereocenters. The molecule has 1 N–H and O–H groups in total. The summed E-state index contributed by atoms with van der Waals surface area (Å²) in [6.45, 7) is 16.6. The summed E-state index contributed by atoms with van der Waals surface area (Å²) in [5.41, 5.74) is 5.53. The summed E-state index contributed by atoms with van der Waals surface area (Å²) in [7, 11) is 0. The van der Waals surface area contributed by atoms with E-state index in [1.165, 1.54) is 56.1 Å². The van der Waals surface area contributed by atoms with Gasteiger partial charge in [-0.25, -0.2) is 0 Å². The Kier molecular flexibility index (Phi) is 5.69. The molecule has 0 radical (unpaired) electrons. The molecular weight excluding hydrogens is 352 g/mol. The maximum absolute atomic E-state index is 10.2. The largest absolute Gasteiger partial charge is 0.393 e. The number of aliphatic hydroxyl groups is 1. The molecule has 3 fully saturated rings. The van der Waals surface area contributed by atoms with Crippen LogP contribution in [-0.4, -0.2) is 11.2 Å². The molecule has 4 aliphatic rings. The molecule has 0 aromatic rings. The second-order valence-electron chi connectivity index (χ2n) is 11.8. The van der Waals surface area contributed by atoms with E-state index < -0.39 is 0 Å². The molecule has 29 heavy (non-hydrogen) atoms. The summed E-state index contributed by atoms with van der Waals surface area (Å²) in [6.07, 6.45) is 15.9. The number of fused-ring (bicyclic) bond motifs is 5. The maximum atomic E-state index is 10.2. The standard InChI is InChI=1S/C28H44O/c1-18(2)19(3)7-8-20(4)24-11-12-25-23-10-9-21-17-22(29)13-15-27(21,5)26(23)14-16-28(24,25)6/h9-10,18,20,22,24-26,29H,3,7-8,11-17H2,1-2,4-6H3/t20?,22-,24?,25?,26?,27-,28+/m0/s1. The van der Waals surface area contributed by atoms with Crippen molar-refractivity contribution in [3.05, 3.63) is 35.5 Å². The quantitative estimate of drug-likeness (QED) is 0.478. The van der Waals surface area contributed by atoms with Gasteiger partial charge in [0.2, 0.25) is 0 Å². The Morgan fingerprint density at radius 3 is 2.55 bits per heavy atom. The molecular formula is C28H44O. The summed E-state index contributed by atoms with van der Waals surface area (Å²) < 4.78 is 0. The number of rotatable bonds is 5. The highest BCUT2D eigenvalue weighted by Gasteiger charge is 2.56. The smallest absolute Gasteiger partial charge is 0.0578 e. The lowest BCUT2D eigenvalue weighted by Gasteiger charge is -2.55. The molecule has 162 valence electrons. The molecule has 4 rings (SSSR count). The molecule has 1 heteroatoms. The summed E-state index contributed by atoms with van der Waals surface area (Å²) in [5.74, 6) is 3.78. The molecule has 0 bridgehead atoms. The lowest BCUT2D eigenvalue weighted by Crippen LogP contribution is -2.46. The fraction of sp³-hybridized carbons (Fsp3) is 0.786. The van der Waals surface area contributed by atoms with Gasteiger partial charge >= 0.3 is 0 Å². The van der Waals surface area contributed by atoms with E-state index in [1.54, 1.807) is 5.57 Å². The van der Waals surface area contributed by atoms with Crippen molar-refractivity contribution in [2.24, 2.45) is 40.4 Å². The number of allylic oxidation sites excluding steroid dienone is 4. The molecule has 4 aliphatic carbocycles. The maximum Gasteiger partial charge on any atom is 0.0578 e. The highest BCUT2D eigenvalue weighted by atomic mass is 16.3. The Morgan fingerprint density at radius 1 is 1.07 bits per heavy atom. The van der Waals surface area contributed by atoms with Gasteiger partial charge in [0.25, 0.3) is 0 Å². The van der Waals surface area contributed by atoms with Crippen molar-refractivity contribution in [3.63, 3.8) is 0 Å². The first-order chi connectivity index (χ1) is 13.7. The van der Waals surface area contributed by atoms with Crippen LogP contribution in [0.5, 0.6) is 0 Å². The fourth-order valence-corrected chi connectivity index (χ4v) is 7.86. The van der Waals surface area contributed by atoms with Crippen molar-refractivity contribution < 1.29 is 5.11 Å². The van der Waals surface area contributed by atoms with E-state index in [4.69, 9.17) is 0 Å². The van der Waals surface area contributed by atoms with E-state index in [-0.39, 0.29) is 6.10 Å². The SMILES string of the molecule is C=C(CCC(C)C1CCC2C3=CC=C4C[C@@H](O)CC[C@]4(C)C3CC[C@@]21C)C(C)C. The zero-order valence-corrected chi connectivity index (χ0v) is 19.6. The molecule has 0 amide bonds. The predicted molar refractivity (Wildman–Crippen MR) is 124 cm³/mol. The molecule has 3 saturated carbocycles. The van der Waals surface area contributed by atoms with Crippen molar-refractivity contribution in [2.45, 2.75) is 98.5 Å². The van der Waals surface area contributed by atoms with E-state index in [0.717, 1.165) is 36.5 Å². The van der Waals surface area contributed by atoms with Crippen LogP contribution in [-0.2, 0) is 0 Å². The van der Waals surface area contributed by atoms with Crippen LogP contribution in [0.25, 0.3) is 0 Å². The first-order valence-electron chi connectivity index (χ1n) is 12.4. The minimum absolute atomic E-state index is 0.115. The second kappa shape index (κ2) is 7.70. The van der Waals surface area contributed by atoms with Crippen molar-refractivity contribution in [3.8, 4) is 0 Å². The van der Waals surface area contributed by atoms with E-state index in [0.29, 0.717) is 16.7 Å². The fourth-order valence-electron chi connectivity index (χ4n) is 7.86. The number of hydrogen-bond acceptors (Lipinski definition) is 1. The normalized spacial score (nSPS) is 42.4. The van der Waals surface area contributed by atoms with Gasteiger partial charge in [0.05, 0.1) is 6.10 Å². The minimum atomic E-state index is -0.115. The van der Waals surface area contributed by atoms with Gasteiger partial charge in [-0.2, -0.15) is 0 Å². The van der Waals surface area contributed by atoms with Crippen LogP contribution in [0.4, 0.5) is 0 Å². The average molecular weight is 397 g/mol. The number of aliphatic hydroxyl groups excluding tert-OH is 1. The molecule has 1 nitrogen and oxygen atoms in total. The summed E-state index contributed by atoms with van der Waals surface area (Å²) in [4.78, 5) is 0. The van der Waals surface area contributed by atoms with Gasteiger partial charge in [0, 0.05) is 0 Å². The van der Waals surface area contributed by atoms with Crippen LogP contribution >= 0.6 is 0 Å². The second-order valence-corrected chi connectivity index (χ2v) is 11.8. The van der Waals surface area contributed by atoms with Crippen LogP contribution < -0.4 is 0 Å². The lowest BCUT2D eigenvalue weighted by atomic mass is 9.50. The van der Waals surface area contributed by atoms with Gasteiger partial charge < -0.3 is 5.11 Å². The molecule has 0 saturated heterocycles. The van der Waals surface area contributed by atoms with E-state index >= 15 is 0 Å². The first-order valence-corrected chi connectivity index (χ1v) is 12.4. The molecule has 0 aromatic carbocycles. The van der Waals surface area contributed by atoms with Crippen molar-refractivity contribution in [1.29, 1.82) is 0 Å². The van der Waals surface area contributed by atoms with Gasteiger partial charge in [0.15, 0.2) is 0 Å². The van der Waals surface area contributed by atoms with Crippen LogP contribution in [0.2, 0.25) is 0 Å². The van der Waals surface area contributed by atoms with Gasteiger partial charge in [-0.15, -0.1) is 0 Å². The van der Waals surface area contributed by atoms with Crippen molar-refractivity contribution >= 4 is 0 Å². The Hall–Kier alpha value is -0.820. The first kappa shape index (κ1) is 21.4. The highest BCUT2D eigenvalue weighted by Crippen LogP contribution is 2.66. The zero-order valence-electron chi connectivity index (χ0n) is 19.6. The van der Waals surface area contributed by atoms with E-state index in [9.17, 15) is 5.11 Å². The van der Waals surface area contributed by atoms with Gasteiger partial charge in [-0.3, -0.25) is 0 Å². The zero-order chi connectivity index (χ0) is 21.0.